The van der Waals surface area contributed by atoms with Crippen LogP contribution in [-0.2, 0) is 16.0 Å². The first-order chi connectivity index (χ1) is 12.5. The third-order valence-electron chi connectivity index (χ3n) is 3.95. The third kappa shape index (κ3) is 6.84. The van der Waals surface area contributed by atoms with E-state index in [-0.39, 0.29) is 43.2 Å². The van der Waals surface area contributed by atoms with Gasteiger partial charge in [0.2, 0.25) is 5.91 Å². The summed E-state index contributed by atoms with van der Waals surface area (Å²) in [6, 6.07) is 11.6. The summed E-state index contributed by atoms with van der Waals surface area (Å²) in [7, 11) is 0. The Labute approximate surface area is 166 Å². The Morgan fingerprint density at radius 2 is 1.73 bits per heavy atom. The predicted octanol–water partition coefficient (Wildman–Crippen LogP) is 4.49. The fourth-order valence-corrected chi connectivity index (χ4v) is 3.78. The molecule has 0 bridgehead atoms. The smallest absolute Gasteiger partial charge is 0.220 e. The van der Waals surface area contributed by atoms with Crippen molar-refractivity contribution in [2.45, 2.75) is 39.0 Å². The number of carbonyl (C=O) groups excluding carboxylic acids is 3. The van der Waals surface area contributed by atoms with E-state index >= 15 is 0 Å². The third-order valence-corrected chi connectivity index (χ3v) is 5.77. The number of halogens is 1. The van der Waals surface area contributed by atoms with Crippen LogP contribution < -0.4 is 5.32 Å². The summed E-state index contributed by atoms with van der Waals surface area (Å²) < 4.78 is 1.02. The summed E-state index contributed by atoms with van der Waals surface area (Å²) >= 11 is 4.92. The summed E-state index contributed by atoms with van der Waals surface area (Å²) in [6.45, 7) is 2.48. The van der Waals surface area contributed by atoms with E-state index < -0.39 is 0 Å². The molecule has 0 aliphatic rings. The number of rotatable bonds is 10. The van der Waals surface area contributed by atoms with E-state index in [9.17, 15) is 14.4 Å². The van der Waals surface area contributed by atoms with Gasteiger partial charge < -0.3 is 5.32 Å². The molecule has 0 radical (unpaired) electrons. The second-order valence-corrected chi connectivity index (χ2v) is 8.21. The lowest BCUT2D eigenvalue weighted by molar-refractivity contribution is -0.125. The fraction of sp³-hybridized carbons (Fsp3) is 0.350. The van der Waals surface area contributed by atoms with Crippen molar-refractivity contribution >= 4 is 44.7 Å². The van der Waals surface area contributed by atoms with Crippen molar-refractivity contribution in [3.8, 4) is 0 Å². The topological polar surface area (TPSA) is 63.2 Å². The molecule has 0 aliphatic carbocycles. The molecule has 0 spiro atoms. The van der Waals surface area contributed by atoms with Gasteiger partial charge in [0, 0.05) is 41.6 Å². The summed E-state index contributed by atoms with van der Waals surface area (Å²) in [5, 5.41) is 2.83. The Bertz CT molecular complexity index is 785. The highest BCUT2D eigenvalue weighted by Crippen LogP contribution is 2.18. The van der Waals surface area contributed by atoms with Gasteiger partial charge in [0.25, 0.3) is 0 Å². The number of carbonyl (C=O) groups is 3. The van der Waals surface area contributed by atoms with Crippen molar-refractivity contribution in [3.63, 3.8) is 0 Å². The van der Waals surface area contributed by atoms with E-state index in [1.165, 1.54) is 11.3 Å². The maximum Gasteiger partial charge on any atom is 0.220 e. The van der Waals surface area contributed by atoms with Crippen LogP contribution in [0.3, 0.4) is 0 Å². The lowest BCUT2D eigenvalue weighted by atomic mass is 10.1. The van der Waals surface area contributed by atoms with Crippen molar-refractivity contribution in [2.75, 3.05) is 6.54 Å². The van der Waals surface area contributed by atoms with Crippen molar-refractivity contribution < 1.29 is 14.4 Å². The second-order valence-electron chi connectivity index (χ2n) is 6.06. The highest BCUT2D eigenvalue weighted by atomic mass is 79.9. The lowest BCUT2D eigenvalue weighted by Gasteiger charge is -2.06. The van der Waals surface area contributed by atoms with E-state index in [4.69, 9.17) is 0 Å². The minimum absolute atomic E-state index is 0.00524. The van der Waals surface area contributed by atoms with E-state index in [1.807, 2.05) is 37.3 Å². The van der Waals surface area contributed by atoms with Crippen LogP contribution in [0.25, 0.3) is 0 Å². The highest BCUT2D eigenvalue weighted by molar-refractivity contribution is 9.10. The summed E-state index contributed by atoms with van der Waals surface area (Å²) in [5.74, 6) is -0.187. The van der Waals surface area contributed by atoms with Crippen LogP contribution in [0.5, 0.6) is 0 Å². The average molecular weight is 436 g/mol. The van der Waals surface area contributed by atoms with Crippen LogP contribution in [0.4, 0.5) is 0 Å². The normalized spacial score (nSPS) is 10.5. The molecule has 1 aromatic heterocycles. The number of hydrogen-bond donors (Lipinski definition) is 1. The zero-order valence-electron chi connectivity index (χ0n) is 14.7. The molecule has 138 valence electrons. The zero-order valence-corrected chi connectivity index (χ0v) is 17.1. The first-order valence-electron chi connectivity index (χ1n) is 8.57. The minimum Gasteiger partial charge on any atom is -0.356 e. The Kier molecular flexibility index (Phi) is 8.19. The number of benzene rings is 1. The molecule has 0 unspecified atom stereocenters. The maximum absolute atomic E-state index is 12.0. The van der Waals surface area contributed by atoms with Crippen molar-refractivity contribution in [1.29, 1.82) is 0 Å². The van der Waals surface area contributed by atoms with Crippen molar-refractivity contribution in [3.05, 3.63) is 56.2 Å². The standard InChI is InChI=1S/C20H22BrNO3S/c1-14-6-10-19(26-14)18(24)9-7-16(23)8-11-20(25)22-13-12-15-4-2-3-5-17(15)21/h2-6,10H,7-9,11-13H2,1H3,(H,22,25). The number of amides is 1. The van der Waals surface area contributed by atoms with Crippen LogP contribution in [0.15, 0.2) is 40.9 Å². The zero-order chi connectivity index (χ0) is 18.9. The largest absolute Gasteiger partial charge is 0.356 e. The molecule has 2 rings (SSSR count). The first kappa shape index (κ1) is 20.5. The molecule has 1 N–H and O–H groups in total. The molecule has 0 saturated heterocycles. The summed E-state index contributed by atoms with van der Waals surface area (Å²) in [6.07, 6.45) is 1.48. The molecule has 26 heavy (non-hydrogen) atoms. The molecule has 0 saturated carbocycles. The molecule has 0 fully saturated rings. The highest BCUT2D eigenvalue weighted by Gasteiger charge is 2.12. The number of Topliss-reactive ketones (excluding diaryl/α,β-unsaturated/α-hetero) is 2. The number of hydrogen-bond acceptors (Lipinski definition) is 4. The molecular weight excluding hydrogens is 414 g/mol. The minimum atomic E-state index is -0.134. The number of aryl methyl sites for hydroxylation is 1. The predicted molar refractivity (Wildman–Crippen MR) is 108 cm³/mol. The maximum atomic E-state index is 12.0. The Morgan fingerprint density at radius 3 is 2.42 bits per heavy atom. The first-order valence-corrected chi connectivity index (χ1v) is 10.2. The monoisotopic (exact) mass is 435 g/mol. The van der Waals surface area contributed by atoms with Gasteiger partial charge in [0.05, 0.1) is 4.88 Å². The van der Waals surface area contributed by atoms with Gasteiger partial charge in [-0.3, -0.25) is 14.4 Å². The van der Waals surface area contributed by atoms with Gasteiger partial charge in [-0.1, -0.05) is 34.1 Å². The van der Waals surface area contributed by atoms with Crippen molar-refractivity contribution in [1.82, 2.24) is 5.32 Å². The van der Waals surface area contributed by atoms with Crippen molar-refractivity contribution in [2.24, 2.45) is 0 Å². The van der Waals surface area contributed by atoms with Crippen LogP contribution in [0.2, 0.25) is 0 Å². The van der Waals surface area contributed by atoms with Gasteiger partial charge >= 0.3 is 0 Å². The van der Waals surface area contributed by atoms with E-state index in [1.54, 1.807) is 6.07 Å². The molecule has 0 aliphatic heterocycles. The van der Waals surface area contributed by atoms with Gasteiger partial charge in [-0.25, -0.2) is 0 Å². The molecule has 6 heteroatoms. The lowest BCUT2D eigenvalue weighted by Crippen LogP contribution is -2.26. The number of nitrogens with one attached hydrogen (secondary N) is 1. The van der Waals surface area contributed by atoms with Crippen LogP contribution >= 0.6 is 27.3 Å². The molecule has 2 aromatic rings. The van der Waals surface area contributed by atoms with Gasteiger partial charge in [0.15, 0.2) is 5.78 Å². The van der Waals surface area contributed by atoms with E-state index in [2.05, 4.69) is 21.2 Å². The Balaban J connectivity index is 1.61. The molecule has 1 aromatic carbocycles. The Morgan fingerprint density at radius 1 is 1.00 bits per heavy atom. The van der Waals surface area contributed by atoms with Crippen LogP contribution in [0.1, 0.15) is 45.8 Å². The molecule has 1 heterocycles. The number of ketones is 2. The SMILES string of the molecule is Cc1ccc(C(=O)CCC(=O)CCC(=O)NCCc2ccccc2Br)s1. The van der Waals surface area contributed by atoms with E-state index in [0.29, 0.717) is 11.4 Å². The van der Waals surface area contributed by atoms with E-state index in [0.717, 1.165) is 21.3 Å². The Hall–Kier alpha value is -1.79. The van der Waals surface area contributed by atoms with Gasteiger partial charge in [-0.15, -0.1) is 11.3 Å². The second kappa shape index (κ2) is 10.4. The molecule has 0 atom stereocenters. The van der Waals surface area contributed by atoms with Gasteiger partial charge in [-0.2, -0.15) is 0 Å². The number of thiophene rings is 1. The van der Waals surface area contributed by atoms with Crippen LogP contribution in [-0.4, -0.2) is 24.0 Å². The molecular formula is C20H22BrNO3S. The van der Waals surface area contributed by atoms with Gasteiger partial charge in [0.1, 0.15) is 5.78 Å². The molecule has 4 nitrogen and oxygen atoms in total. The van der Waals surface area contributed by atoms with Gasteiger partial charge in [-0.05, 0) is 37.1 Å². The quantitative estimate of drug-likeness (QED) is 0.559. The summed E-state index contributed by atoms with van der Waals surface area (Å²) in [4.78, 5) is 37.5. The molecule has 1 amide bonds. The summed E-state index contributed by atoms with van der Waals surface area (Å²) in [5.41, 5.74) is 1.13. The average Bonchev–Trinajstić information content (AvgIpc) is 3.06. The fourth-order valence-electron chi connectivity index (χ4n) is 2.46. The van der Waals surface area contributed by atoms with Crippen LogP contribution in [0, 0.1) is 6.92 Å².